The molecule has 2 aromatic carbocycles. The molecule has 2 aromatic rings. The van der Waals surface area contributed by atoms with Crippen LogP contribution in [0.25, 0.3) is 0 Å². The number of amides is 2. The number of ether oxygens (including phenoxy) is 2. The maximum absolute atomic E-state index is 12.2. The first-order chi connectivity index (χ1) is 13.6. The third-order valence-corrected chi connectivity index (χ3v) is 4.87. The third kappa shape index (κ3) is 6.34. The lowest BCUT2D eigenvalue weighted by Gasteiger charge is -2.16. The largest absolute Gasteiger partial charge is 0.494 e. The van der Waals surface area contributed by atoms with Crippen LogP contribution in [0, 0.1) is 0 Å². The number of rotatable bonds is 7. The first kappa shape index (κ1) is 22.5. The van der Waals surface area contributed by atoms with Crippen molar-refractivity contribution in [2.24, 2.45) is 5.14 Å². The Labute approximate surface area is 173 Å². The van der Waals surface area contributed by atoms with Crippen molar-refractivity contribution in [3.05, 3.63) is 53.1 Å². The van der Waals surface area contributed by atoms with Gasteiger partial charge < -0.3 is 9.47 Å². The minimum atomic E-state index is -4.02. The van der Waals surface area contributed by atoms with E-state index in [0.717, 1.165) is 6.07 Å². The van der Waals surface area contributed by atoms with Crippen molar-refractivity contribution in [3.8, 4) is 11.5 Å². The van der Waals surface area contributed by atoms with Gasteiger partial charge in [-0.3, -0.25) is 20.4 Å². The summed E-state index contributed by atoms with van der Waals surface area (Å²) in [6.45, 7) is 3.89. The minimum Gasteiger partial charge on any atom is -0.494 e. The molecular formula is C18H20ClN3O6S. The Balaban J connectivity index is 1.96. The summed E-state index contributed by atoms with van der Waals surface area (Å²) in [6.07, 6.45) is -0.931. The predicted molar refractivity (Wildman–Crippen MR) is 106 cm³/mol. The van der Waals surface area contributed by atoms with E-state index in [1.165, 1.54) is 19.1 Å². The Morgan fingerprint density at radius 3 is 2.31 bits per heavy atom. The van der Waals surface area contributed by atoms with Crippen LogP contribution in [-0.2, 0) is 14.8 Å². The van der Waals surface area contributed by atoms with E-state index in [0.29, 0.717) is 18.1 Å². The summed E-state index contributed by atoms with van der Waals surface area (Å²) in [4.78, 5) is 24.1. The fraction of sp³-hybridized carbons (Fsp3) is 0.222. The number of nitrogens with one attached hydrogen (secondary N) is 2. The average Bonchev–Trinajstić information content (AvgIpc) is 2.67. The Kier molecular flexibility index (Phi) is 7.43. The first-order valence-corrected chi connectivity index (χ1v) is 10.4. The number of carbonyl (C=O) groups is 2. The van der Waals surface area contributed by atoms with Crippen LogP contribution in [0.2, 0.25) is 5.02 Å². The van der Waals surface area contributed by atoms with Gasteiger partial charge in [0.1, 0.15) is 11.5 Å². The second kappa shape index (κ2) is 9.59. The number of primary sulfonamides is 1. The van der Waals surface area contributed by atoms with E-state index < -0.39 is 27.9 Å². The summed E-state index contributed by atoms with van der Waals surface area (Å²) >= 11 is 5.92. The molecule has 0 aliphatic carbocycles. The Morgan fingerprint density at radius 1 is 1.10 bits per heavy atom. The van der Waals surface area contributed by atoms with Gasteiger partial charge in [-0.2, -0.15) is 0 Å². The topological polar surface area (TPSA) is 137 Å². The van der Waals surface area contributed by atoms with Crippen LogP contribution < -0.4 is 25.5 Å². The number of hydrazine groups is 1. The van der Waals surface area contributed by atoms with Crippen molar-refractivity contribution in [1.82, 2.24) is 10.9 Å². The van der Waals surface area contributed by atoms with Crippen molar-refractivity contribution in [3.63, 3.8) is 0 Å². The fourth-order valence-corrected chi connectivity index (χ4v) is 2.92. The van der Waals surface area contributed by atoms with E-state index in [1.54, 1.807) is 24.3 Å². The zero-order chi connectivity index (χ0) is 21.6. The van der Waals surface area contributed by atoms with Crippen LogP contribution in [0.5, 0.6) is 11.5 Å². The van der Waals surface area contributed by atoms with Gasteiger partial charge in [0, 0.05) is 0 Å². The number of hydrogen-bond donors (Lipinski definition) is 3. The van der Waals surface area contributed by atoms with E-state index in [2.05, 4.69) is 10.9 Å². The standard InChI is InChI=1S/C18H20ClN3O6S/c1-3-27-12-4-6-13(7-5-12)28-11(2)17(23)21-22-18(24)15-10-14(29(20,25)26)8-9-16(15)19/h4-11H,3H2,1-2H3,(H,21,23)(H,22,24)(H2,20,25,26). The molecule has 0 bridgehead atoms. The Bertz CT molecular complexity index is 995. The zero-order valence-electron chi connectivity index (χ0n) is 15.6. The molecule has 156 valence electrons. The normalized spacial score (nSPS) is 12.0. The van der Waals surface area contributed by atoms with Gasteiger partial charge in [-0.05, 0) is 56.3 Å². The van der Waals surface area contributed by atoms with Crippen LogP contribution >= 0.6 is 11.6 Å². The molecule has 0 fully saturated rings. The molecule has 1 unspecified atom stereocenters. The Morgan fingerprint density at radius 2 is 1.72 bits per heavy atom. The monoisotopic (exact) mass is 441 g/mol. The van der Waals surface area contributed by atoms with Gasteiger partial charge in [0.25, 0.3) is 11.8 Å². The molecule has 0 saturated heterocycles. The van der Waals surface area contributed by atoms with Crippen molar-refractivity contribution < 1.29 is 27.5 Å². The summed E-state index contributed by atoms with van der Waals surface area (Å²) in [7, 11) is -4.02. The molecule has 9 nitrogen and oxygen atoms in total. The SMILES string of the molecule is CCOc1ccc(OC(C)C(=O)NNC(=O)c2cc(S(N)(=O)=O)ccc2Cl)cc1. The van der Waals surface area contributed by atoms with Crippen molar-refractivity contribution >= 4 is 33.4 Å². The lowest BCUT2D eigenvalue weighted by Crippen LogP contribution is -2.47. The number of halogens is 1. The van der Waals surface area contributed by atoms with Gasteiger partial charge in [0.15, 0.2) is 6.10 Å². The van der Waals surface area contributed by atoms with Gasteiger partial charge in [0.2, 0.25) is 10.0 Å². The second-order valence-electron chi connectivity index (χ2n) is 5.79. The predicted octanol–water partition coefficient (Wildman–Crippen LogP) is 1.61. The third-order valence-electron chi connectivity index (χ3n) is 3.63. The van der Waals surface area contributed by atoms with Gasteiger partial charge >= 0.3 is 0 Å². The first-order valence-electron chi connectivity index (χ1n) is 8.44. The van der Waals surface area contributed by atoms with Gasteiger partial charge in [-0.25, -0.2) is 13.6 Å². The average molecular weight is 442 g/mol. The summed E-state index contributed by atoms with van der Waals surface area (Å²) in [5, 5.41) is 5.03. The number of benzene rings is 2. The molecule has 0 aromatic heterocycles. The molecule has 0 spiro atoms. The molecular weight excluding hydrogens is 422 g/mol. The number of sulfonamides is 1. The van der Waals surface area contributed by atoms with Crippen molar-refractivity contribution in [2.45, 2.75) is 24.8 Å². The molecule has 0 saturated carbocycles. The molecule has 0 aliphatic heterocycles. The summed E-state index contributed by atoms with van der Waals surface area (Å²) in [5.74, 6) is -0.345. The number of carbonyl (C=O) groups excluding carboxylic acids is 2. The van der Waals surface area contributed by atoms with E-state index >= 15 is 0 Å². The molecule has 2 amide bonds. The molecule has 11 heteroatoms. The van der Waals surface area contributed by atoms with Crippen LogP contribution in [0.3, 0.4) is 0 Å². The lowest BCUT2D eigenvalue weighted by molar-refractivity contribution is -0.128. The van der Waals surface area contributed by atoms with E-state index in [4.69, 9.17) is 26.2 Å². The van der Waals surface area contributed by atoms with Gasteiger partial charge in [-0.1, -0.05) is 11.6 Å². The summed E-state index contributed by atoms with van der Waals surface area (Å²) < 4.78 is 33.6. The summed E-state index contributed by atoms with van der Waals surface area (Å²) in [5.41, 5.74) is 4.17. The minimum absolute atomic E-state index is 0.0113. The highest BCUT2D eigenvalue weighted by molar-refractivity contribution is 7.89. The van der Waals surface area contributed by atoms with E-state index in [-0.39, 0.29) is 15.5 Å². The summed E-state index contributed by atoms with van der Waals surface area (Å²) in [6, 6.07) is 10.1. The maximum atomic E-state index is 12.2. The van der Waals surface area contributed by atoms with E-state index in [9.17, 15) is 18.0 Å². The molecule has 2 rings (SSSR count). The molecule has 0 heterocycles. The van der Waals surface area contributed by atoms with Gasteiger partial charge in [0.05, 0.1) is 22.1 Å². The molecule has 1 atom stereocenters. The lowest BCUT2D eigenvalue weighted by atomic mass is 10.2. The van der Waals surface area contributed by atoms with Crippen LogP contribution in [0.1, 0.15) is 24.2 Å². The van der Waals surface area contributed by atoms with Crippen molar-refractivity contribution in [1.29, 1.82) is 0 Å². The zero-order valence-corrected chi connectivity index (χ0v) is 17.2. The van der Waals surface area contributed by atoms with Crippen LogP contribution in [-0.4, -0.2) is 32.9 Å². The molecule has 4 N–H and O–H groups in total. The van der Waals surface area contributed by atoms with Crippen LogP contribution in [0.4, 0.5) is 0 Å². The maximum Gasteiger partial charge on any atom is 0.279 e. The number of nitrogens with two attached hydrogens (primary N) is 1. The Hall–Kier alpha value is -2.82. The molecule has 0 radical (unpaired) electrons. The van der Waals surface area contributed by atoms with E-state index in [1.807, 2.05) is 6.92 Å². The van der Waals surface area contributed by atoms with Gasteiger partial charge in [-0.15, -0.1) is 0 Å². The highest BCUT2D eigenvalue weighted by Gasteiger charge is 2.19. The second-order valence-corrected chi connectivity index (χ2v) is 7.76. The van der Waals surface area contributed by atoms with Crippen molar-refractivity contribution in [2.75, 3.05) is 6.61 Å². The number of hydrogen-bond acceptors (Lipinski definition) is 6. The highest BCUT2D eigenvalue weighted by atomic mass is 35.5. The molecule has 0 aliphatic rings. The highest BCUT2D eigenvalue weighted by Crippen LogP contribution is 2.20. The quantitative estimate of drug-likeness (QED) is 0.558. The molecule has 29 heavy (non-hydrogen) atoms. The fourth-order valence-electron chi connectivity index (χ4n) is 2.18. The smallest absolute Gasteiger partial charge is 0.279 e. The van der Waals surface area contributed by atoms with Crippen LogP contribution in [0.15, 0.2) is 47.4 Å².